The maximum Gasteiger partial charge on any atom is 0.319 e. The molecule has 2 amide bonds. The van der Waals surface area contributed by atoms with Crippen molar-refractivity contribution in [1.82, 2.24) is 15.3 Å². The molecule has 6 N–H and O–H groups in total. The molecule has 0 atom stereocenters. The molecular formula is C21H28N6O3S. The van der Waals surface area contributed by atoms with Crippen LogP contribution in [0.3, 0.4) is 0 Å². The van der Waals surface area contributed by atoms with E-state index in [1.807, 2.05) is 0 Å². The summed E-state index contributed by atoms with van der Waals surface area (Å²) in [6.45, 7) is 0.745. The Morgan fingerprint density at radius 2 is 1.81 bits per heavy atom. The monoisotopic (exact) mass is 444 g/mol. The smallest absolute Gasteiger partial charge is 0.319 e. The summed E-state index contributed by atoms with van der Waals surface area (Å²) in [6, 6.07) is 8.29. The third-order valence-electron chi connectivity index (χ3n) is 5.96. The predicted octanol–water partition coefficient (Wildman–Crippen LogP) is 2.15. The molecule has 0 unspecified atom stereocenters. The van der Waals surface area contributed by atoms with Gasteiger partial charge in [0.15, 0.2) is 15.7 Å². The van der Waals surface area contributed by atoms with Crippen molar-refractivity contribution in [3.8, 4) is 11.4 Å². The number of sulfone groups is 1. The van der Waals surface area contributed by atoms with Crippen LogP contribution in [0.25, 0.3) is 11.4 Å². The molecule has 2 aromatic rings. The van der Waals surface area contributed by atoms with E-state index in [1.165, 1.54) is 0 Å². The van der Waals surface area contributed by atoms with Gasteiger partial charge in [0.2, 0.25) is 0 Å². The van der Waals surface area contributed by atoms with Crippen LogP contribution in [0.5, 0.6) is 0 Å². The number of nitrogens with two attached hydrogens (primary N) is 2. The van der Waals surface area contributed by atoms with Crippen molar-refractivity contribution >= 4 is 27.4 Å². The number of urea groups is 1. The van der Waals surface area contributed by atoms with Crippen molar-refractivity contribution < 1.29 is 13.2 Å². The van der Waals surface area contributed by atoms with Crippen LogP contribution < -0.4 is 22.1 Å². The van der Waals surface area contributed by atoms with Gasteiger partial charge in [-0.15, -0.1) is 0 Å². The highest BCUT2D eigenvalue weighted by molar-refractivity contribution is 7.93. The highest BCUT2D eigenvalue weighted by Gasteiger charge is 2.55. The zero-order valence-electron chi connectivity index (χ0n) is 17.3. The number of nitrogens with one attached hydrogen (secondary N) is 2. The molecule has 2 saturated carbocycles. The normalized spacial score (nSPS) is 18.0. The third kappa shape index (κ3) is 4.22. The molecule has 0 aliphatic heterocycles. The molecule has 0 spiro atoms. The first-order chi connectivity index (χ1) is 14.9. The Labute approximate surface area is 181 Å². The summed E-state index contributed by atoms with van der Waals surface area (Å²) in [6.07, 6.45) is 4.32. The Kier molecular flexibility index (Phi) is 5.85. The summed E-state index contributed by atoms with van der Waals surface area (Å²) in [4.78, 5) is 20.8. The molecule has 9 nitrogen and oxygen atoms in total. The average Bonchev–Trinajstić information content (AvgIpc) is 3.49. The molecule has 0 radical (unpaired) electrons. The first-order valence-corrected chi connectivity index (χ1v) is 12.1. The van der Waals surface area contributed by atoms with Crippen molar-refractivity contribution in [3.05, 3.63) is 36.0 Å². The molecule has 0 saturated heterocycles. The molecule has 166 valence electrons. The van der Waals surface area contributed by atoms with E-state index in [4.69, 9.17) is 11.5 Å². The van der Waals surface area contributed by atoms with Gasteiger partial charge in [-0.05, 0) is 49.9 Å². The van der Waals surface area contributed by atoms with E-state index in [-0.39, 0.29) is 17.1 Å². The fraction of sp³-hybridized carbons (Fsp3) is 0.476. The molecule has 0 bridgehead atoms. The van der Waals surface area contributed by atoms with E-state index in [9.17, 15) is 13.2 Å². The summed E-state index contributed by atoms with van der Waals surface area (Å²) < 4.78 is 25.7. The van der Waals surface area contributed by atoms with E-state index >= 15 is 0 Å². The maximum absolute atomic E-state index is 13.3. The van der Waals surface area contributed by atoms with Gasteiger partial charge in [-0.25, -0.2) is 23.2 Å². The number of amides is 2. The standard InChI is InChI=1S/C21H28N6O3S/c22-11-12-24-20(28)25-15-5-3-14(4-6-15)19-26-17(13-18(23)27-19)21(9-1-2-10-21)31(29,30)16-7-8-16/h3-6,13,16H,1-2,7-12,22H2,(H2,23,26,27)(H2,24,25,28). The Balaban J connectivity index is 1.63. The van der Waals surface area contributed by atoms with E-state index in [1.54, 1.807) is 30.3 Å². The average molecular weight is 445 g/mol. The van der Waals surface area contributed by atoms with Gasteiger partial charge >= 0.3 is 6.03 Å². The number of rotatable bonds is 7. The lowest BCUT2D eigenvalue weighted by atomic mass is 10.0. The number of anilines is 2. The van der Waals surface area contributed by atoms with Crippen molar-refractivity contribution in [2.24, 2.45) is 5.73 Å². The predicted molar refractivity (Wildman–Crippen MR) is 120 cm³/mol. The van der Waals surface area contributed by atoms with Gasteiger partial charge in [0.05, 0.1) is 10.9 Å². The Hall–Kier alpha value is -2.72. The highest BCUT2D eigenvalue weighted by Crippen LogP contribution is 2.51. The molecular weight excluding hydrogens is 416 g/mol. The second-order valence-electron chi connectivity index (χ2n) is 8.19. The zero-order valence-corrected chi connectivity index (χ0v) is 18.1. The Morgan fingerprint density at radius 1 is 1.13 bits per heavy atom. The lowest BCUT2D eigenvalue weighted by Gasteiger charge is -2.29. The minimum Gasteiger partial charge on any atom is -0.384 e. The minimum atomic E-state index is -3.33. The van der Waals surface area contributed by atoms with Crippen molar-refractivity contribution in [2.45, 2.75) is 48.5 Å². The number of carbonyl (C=O) groups excluding carboxylic acids is 1. The van der Waals surface area contributed by atoms with Gasteiger partial charge in [-0.1, -0.05) is 12.8 Å². The number of nitrogens with zero attached hydrogens (tertiary/aromatic N) is 2. The van der Waals surface area contributed by atoms with E-state index in [2.05, 4.69) is 20.6 Å². The van der Waals surface area contributed by atoms with Crippen LogP contribution in [0, 0.1) is 0 Å². The summed E-state index contributed by atoms with van der Waals surface area (Å²) in [5.41, 5.74) is 13.3. The first kappa shape index (κ1) is 21.5. The van der Waals surface area contributed by atoms with E-state index in [0.29, 0.717) is 48.7 Å². The van der Waals surface area contributed by atoms with Gasteiger partial charge in [0.1, 0.15) is 10.6 Å². The number of nitrogen functional groups attached to an aromatic ring is 1. The fourth-order valence-corrected chi connectivity index (χ4v) is 6.87. The summed E-state index contributed by atoms with van der Waals surface area (Å²) >= 11 is 0. The molecule has 2 aliphatic rings. The lowest BCUT2D eigenvalue weighted by Crippen LogP contribution is -2.37. The van der Waals surface area contributed by atoms with Crippen LogP contribution in [0.2, 0.25) is 0 Å². The third-order valence-corrected chi connectivity index (χ3v) is 9.02. The van der Waals surface area contributed by atoms with Crippen LogP contribution in [0.1, 0.15) is 44.2 Å². The van der Waals surface area contributed by atoms with Gasteiger partial charge in [-0.3, -0.25) is 0 Å². The van der Waals surface area contributed by atoms with Crippen molar-refractivity contribution in [1.29, 1.82) is 0 Å². The maximum atomic E-state index is 13.3. The lowest BCUT2D eigenvalue weighted by molar-refractivity contribution is 0.252. The van der Waals surface area contributed by atoms with Crippen LogP contribution in [0.15, 0.2) is 30.3 Å². The number of hydrogen-bond donors (Lipinski definition) is 4. The fourth-order valence-electron chi connectivity index (χ4n) is 4.22. The summed E-state index contributed by atoms with van der Waals surface area (Å²) in [5.74, 6) is 0.632. The second kappa shape index (κ2) is 8.43. The second-order valence-corrected chi connectivity index (χ2v) is 10.7. The summed E-state index contributed by atoms with van der Waals surface area (Å²) in [5, 5.41) is 5.09. The van der Waals surface area contributed by atoms with Gasteiger partial charge in [0, 0.05) is 30.4 Å². The minimum absolute atomic E-state index is 0.251. The largest absolute Gasteiger partial charge is 0.384 e. The Morgan fingerprint density at radius 3 is 2.42 bits per heavy atom. The number of aromatic nitrogens is 2. The first-order valence-electron chi connectivity index (χ1n) is 10.6. The van der Waals surface area contributed by atoms with Gasteiger partial charge < -0.3 is 22.1 Å². The molecule has 2 fully saturated rings. The van der Waals surface area contributed by atoms with Crippen LogP contribution in [-0.4, -0.2) is 42.8 Å². The molecule has 2 aliphatic carbocycles. The van der Waals surface area contributed by atoms with Crippen LogP contribution in [0.4, 0.5) is 16.3 Å². The van der Waals surface area contributed by atoms with E-state index in [0.717, 1.165) is 25.7 Å². The molecule has 10 heteroatoms. The number of carbonyl (C=O) groups is 1. The Bertz CT molecular complexity index is 1060. The molecule has 1 aromatic carbocycles. The number of benzene rings is 1. The van der Waals surface area contributed by atoms with Crippen molar-refractivity contribution in [2.75, 3.05) is 24.1 Å². The molecule has 4 rings (SSSR count). The summed E-state index contributed by atoms with van der Waals surface area (Å²) in [7, 11) is -3.33. The van der Waals surface area contributed by atoms with Crippen molar-refractivity contribution in [3.63, 3.8) is 0 Å². The number of hydrogen-bond acceptors (Lipinski definition) is 7. The van der Waals surface area contributed by atoms with Gasteiger partial charge in [0.25, 0.3) is 0 Å². The van der Waals surface area contributed by atoms with E-state index < -0.39 is 14.6 Å². The molecule has 31 heavy (non-hydrogen) atoms. The highest BCUT2D eigenvalue weighted by atomic mass is 32.2. The molecule has 1 heterocycles. The topological polar surface area (TPSA) is 153 Å². The van der Waals surface area contributed by atoms with Crippen LogP contribution in [-0.2, 0) is 14.6 Å². The van der Waals surface area contributed by atoms with Gasteiger partial charge in [-0.2, -0.15) is 0 Å². The molecule has 1 aromatic heterocycles. The SMILES string of the molecule is NCCNC(=O)Nc1ccc(-c2nc(N)cc(C3(S(=O)(=O)C4CC4)CCCC3)n2)cc1. The van der Waals surface area contributed by atoms with Crippen LogP contribution >= 0.6 is 0 Å². The zero-order chi connectivity index (χ0) is 22.1. The quantitative estimate of drug-likeness (QED) is 0.510.